The van der Waals surface area contributed by atoms with Gasteiger partial charge in [0, 0.05) is 13.1 Å². The Morgan fingerprint density at radius 1 is 1.00 bits per heavy atom. The van der Waals surface area contributed by atoms with Crippen molar-refractivity contribution in [3.8, 4) is 0 Å². The molecule has 2 N–H and O–H groups in total. The summed E-state index contributed by atoms with van der Waals surface area (Å²) in [5.41, 5.74) is 5.20. The molecular weight excluding hydrogens is 312 g/mol. The molecule has 0 saturated carbocycles. The van der Waals surface area contributed by atoms with Crippen molar-refractivity contribution in [2.45, 2.75) is 38.1 Å². The van der Waals surface area contributed by atoms with E-state index in [1.54, 1.807) is 34.8 Å². The first-order chi connectivity index (χ1) is 11.1. The summed E-state index contributed by atoms with van der Waals surface area (Å²) in [6.07, 6.45) is 3.29. The van der Waals surface area contributed by atoms with Gasteiger partial charge in [-0.25, -0.2) is 8.42 Å². The lowest BCUT2D eigenvalue weighted by molar-refractivity contribution is 0.410. The molecule has 2 aromatic rings. The largest absolute Gasteiger partial charge is 0.468 e. The molecule has 0 saturated heterocycles. The Hall–Kier alpha value is -1.63. The normalized spacial score (nSPS) is 11.1. The second kappa shape index (κ2) is 10.2. The summed E-state index contributed by atoms with van der Waals surface area (Å²) in [7, 11) is -3.29. The summed E-state index contributed by atoms with van der Waals surface area (Å²) in [4.78, 5) is 0.386. The standard InChI is InChI=1S/C12H19NO2S.C5H7NO/c1-3-10-13(11-4-2)16(14,15)12-8-6-5-7-9-12;6-4-5-2-1-3-7-5/h5-9H,3-4,10-11H2,1-2H3;1-3H,4,6H2. The smallest absolute Gasteiger partial charge is 0.243 e. The molecule has 0 aliphatic heterocycles. The number of sulfonamides is 1. The van der Waals surface area contributed by atoms with Crippen LogP contribution in [0.25, 0.3) is 0 Å². The zero-order chi connectivity index (χ0) is 17.1. The van der Waals surface area contributed by atoms with Crippen molar-refractivity contribution in [3.63, 3.8) is 0 Å². The van der Waals surface area contributed by atoms with Gasteiger partial charge < -0.3 is 10.2 Å². The average Bonchev–Trinajstić information content (AvgIpc) is 3.10. The molecule has 0 aliphatic rings. The molecule has 23 heavy (non-hydrogen) atoms. The van der Waals surface area contributed by atoms with Gasteiger partial charge in [-0.2, -0.15) is 4.31 Å². The van der Waals surface area contributed by atoms with Gasteiger partial charge in [0.05, 0.1) is 17.7 Å². The first kappa shape index (κ1) is 19.4. The quantitative estimate of drug-likeness (QED) is 0.841. The molecule has 128 valence electrons. The maximum atomic E-state index is 12.2. The number of nitrogens with two attached hydrogens (primary N) is 1. The van der Waals surface area contributed by atoms with Gasteiger partial charge in [0.25, 0.3) is 0 Å². The van der Waals surface area contributed by atoms with Gasteiger partial charge in [-0.15, -0.1) is 0 Å². The summed E-state index contributed by atoms with van der Waals surface area (Å²) in [6, 6.07) is 12.3. The molecule has 1 aromatic carbocycles. The Bertz CT molecular complexity index is 619. The van der Waals surface area contributed by atoms with Crippen LogP contribution in [0.4, 0.5) is 0 Å². The molecule has 0 fully saturated rings. The summed E-state index contributed by atoms with van der Waals surface area (Å²) in [6.45, 7) is 5.65. The highest BCUT2D eigenvalue weighted by Crippen LogP contribution is 2.15. The number of furan rings is 1. The number of benzene rings is 1. The van der Waals surface area contributed by atoms with Crippen molar-refractivity contribution in [2.75, 3.05) is 13.1 Å². The summed E-state index contributed by atoms with van der Waals surface area (Å²) < 4.78 is 30.9. The fourth-order valence-electron chi connectivity index (χ4n) is 2.02. The maximum Gasteiger partial charge on any atom is 0.243 e. The van der Waals surface area contributed by atoms with Crippen molar-refractivity contribution >= 4 is 10.0 Å². The Morgan fingerprint density at radius 3 is 2.00 bits per heavy atom. The first-order valence-electron chi connectivity index (χ1n) is 7.83. The van der Waals surface area contributed by atoms with Gasteiger partial charge >= 0.3 is 0 Å². The van der Waals surface area contributed by atoms with Crippen LogP contribution in [0.3, 0.4) is 0 Å². The van der Waals surface area contributed by atoms with Crippen molar-refractivity contribution < 1.29 is 12.8 Å². The van der Waals surface area contributed by atoms with E-state index >= 15 is 0 Å². The third-order valence-corrected chi connectivity index (χ3v) is 5.02. The van der Waals surface area contributed by atoms with E-state index in [0.29, 0.717) is 24.5 Å². The van der Waals surface area contributed by atoms with Crippen LogP contribution < -0.4 is 5.73 Å². The Balaban J connectivity index is 0.000000313. The summed E-state index contributed by atoms with van der Waals surface area (Å²) >= 11 is 0. The second-order valence-corrected chi connectivity index (χ2v) is 6.94. The van der Waals surface area contributed by atoms with E-state index in [4.69, 9.17) is 10.2 Å². The Kier molecular flexibility index (Phi) is 8.61. The zero-order valence-electron chi connectivity index (χ0n) is 13.8. The van der Waals surface area contributed by atoms with Crippen LogP contribution in [0.1, 0.15) is 32.4 Å². The minimum absolute atomic E-state index is 0.386. The highest BCUT2D eigenvalue weighted by atomic mass is 32.2. The SMILES string of the molecule is CCCN(CCC)S(=O)(=O)c1ccccc1.NCc1ccco1. The molecule has 0 atom stereocenters. The zero-order valence-corrected chi connectivity index (χ0v) is 14.6. The fraction of sp³-hybridized carbons (Fsp3) is 0.412. The monoisotopic (exact) mass is 338 g/mol. The maximum absolute atomic E-state index is 12.2. The van der Waals surface area contributed by atoms with Gasteiger partial charge in [0.2, 0.25) is 10.0 Å². The van der Waals surface area contributed by atoms with Crippen LogP contribution in [0.5, 0.6) is 0 Å². The average molecular weight is 338 g/mol. The minimum Gasteiger partial charge on any atom is -0.468 e. The van der Waals surface area contributed by atoms with Crippen molar-refractivity contribution in [2.24, 2.45) is 5.73 Å². The molecule has 0 spiro atoms. The van der Waals surface area contributed by atoms with Gasteiger partial charge in [-0.05, 0) is 37.1 Å². The van der Waals surface area contributed by atoms with E-state index in [1.165, 1.54) is 0 Å². The molecule has 1 aromatic heterocycles. The molecule has 0 radical (unpaired) electrons. The number of nitrogens with zero attached hydrogens (tertiary/aromatic N) is 1. The lowest BCUT2D eigenvalue weighted by Gasteiger charge is -2.20. The van der Waals surface area contributed by atoms with Crippen LogP contribution in [-0.4, -0.2) is 25.8 Å². The molecule has 0 unspecified atom stereocenters. The van der Waals surface area contributed by atoms with Crippen LogP contribution >= 0.6 is 0 Å². The van der Waals surface area contributed by atoms with Crippen molar-refractivity contribution in [1.29, 1.82) is 0 Å². The van der Waals surface area contributed by atoms with Gasteiger partial charge in [0.15, 0.2) is 0 Å². The third-order valence-electron chi connectivity index (χ3n) is 3.11. The van der Waals surface area contributed by atoms with E-state index in [1.807, 2.05) is 32.0 Å². The molecule has 6 heteroatoms. The number of hydrogen-bond acceptors (Lipinski definition) is 4. The van der Waals surface area contributed by atoms with E-state index in [0.717, 1.165) is 18.6 Å². The molecular formula is C17H26N2O3S. The lowest BCUT2D eigenvalue weighted by atomic mass is 10.4. The van der Waals surface area contributed by atoms with Crippen LogP contribution in [-0.2, 0) is 16.6 Å². The highest BCUT2D eigenvalue weighted by molar-refractivity contribution is 7.89. The fourth-order valence-corrected chi connectivity index (χ4v) is 3.67. The minimum atomic E-state index is -3.29. The molecule has 5 nitrogen and oxygen atoms in total. The van der Waals surface area contributed by atoms with Crippen molar-refractivity contribution in [1.82, 2.24) is 4.31 Å². The van der Waals surface area contributed by atoms with E-state index in [9.17, 15) is 8.42 Å². The van der Waals surface area contributed by atoms with Crippen molar-refractivity contribution in [3.05, 3.63) is 54.5 Å². The topological polar surface area (TPSA) is 76.5 Å². The third kappa shape index (κ3) is 6.17. The molecule has 0 bridgehead atoms. The lowest BCUT2D eigenvalue weighted by Crippen LogP contribution is -2.32. The Labute approximate surface area is 139 Å². The predicted octanol–water partition coefficient (Wildman–Crippen LogP) is 3.24. The van der Waals surface area contributed by atoms with Gasteiger partial charge in [-0.1, -0.05) is 32.0 Å². The second-order valence-electron chi connectivity index (χ2n) is 5.00. The molecule has 2 rings (SSSR count). The summed E-state index contributed by atoms with van der Waals surface area (Å²) in [5, 5.41) is 0. The predicted molar refractivity (Wildman–Crippen MR) is 92.4 cm³/mol. The molecule has 0 amide bonds. The van der Waals surface area contributed by atoms with Crippen LogP contribution in [0.15, 0.2) is 58.0 Å². The Morgan fingerprint density at radius 2 is 1.61 bits per heavy atom. The van der Waals surface area contributed by atoms with Crippen LogP contribution in [0.2, 0.25) is 0 Å². The van der Waals surface area contributed by atoms with E-state index in [-0.39, 0.29) is 0 Å². The van der Waals surface area contributed by atoms with Gasteiger partial charge in [-0.3, -0.25) is 0 Å². The summed E-state index contributed by atoms with van der Waals surface area (Å²) in [5.74, 6) is 0.833. The number of rotatable bonds is 7. The van der Waals surface area contributed by atoms with E-state index < -0.39 is 10.0 Å². The first-order valence-corrected chi connectivity index (χ1v) is 9.27. The molecule has 1 heterocycles. The van der Waals surface area contributed by atoms with Gasteiger partial charge in [0.1, 0.15) is 5.76 Å². The molecule has 0 aliphatic carbocycles. The van der Waals surface area contributed by atoms with E-state index in [2.05, 4.69) is 0 Å². The number of hydrogen-bond donors (Lipinski definition) is 1. The highest BCUT2D eigenvalue weighted by Gasteiger charge is 2.22. The van der Waals surface area contributed by atoms with Crippen LogP contribution in [0, 0.1) is 0 Å².